The lowest BCUT2D eigenvalue weighted by molar-refractivity contribution is 0.414. The molecule has 0 aliphatic rings. The number of rotatable bonds is 3. The van der Waals surface area contributed by atoms with Crippen molar-refractivity contribution in [2.75, 3.05) is 7.11 Å². The molecule has 1 aromatic carbocycles. The SMILES string of the molecule is COc1ccccc1/C=C/c1nccs1. The van der Waals surface area contributed by atoms with Crippen LogP contribution in [0.5, 0.6) is 5.75 Å². The number of benzene rings is 1. The molecule has 0 unspecified atom stereocenters. The Hall–Kier alpha value is -1.61. The van der Waals surface area contributed by atoms with E-state index in [1.165, 1.54) is 0 Å². The summed E-state index contributed by atoms with van der Waals surface area (Å²) in [6, 6.07) is 7.91. The number of ether oxygens (including phenoxy) is 1. The second-order valence-corrected chi connectivity index (χ2v) is 3.87. The van der Waals surface area contributed by atoms with Crippen LogP contribution in [0.3, 0.4) is 0 Å². The lowest BCUT2D eigenvalue weighted by atomic mass is 10.2. The molecule has 2 nitrogen and oxygen atoms in total. The molecule has 2 aromatic rings. The summed E-state index contributed by atoms with van der Waals surface area (Å²) in [5, 5.41) is 2.96. The molecule has 0 aliphatic heterocycles. The van der Waals surface area contributed by atoms with E-state index in [2.05, 4.69) is 4.98 Å². The Morgan fingerprint density at radius 2 is 2.13 bits per heavy atom. The second kappa shape index (κ2) is 4.75. The number of methoxy groups -OCH3 is 1. The van der Waals surface area contributed by atoms with Crippen LogP contribution < -0.4 is 4.74 Å². The molecule has 0 saturated heterocycles. The van der Waals surface area contributed by atoms with E-state index in [1.54, 1.807) is 24.6 Å². The van der Waals surface area contributed by atoms with E-state index in [4.69, 9.17) is 4.74 Å². The van der Waals surface area contributed by atoms with Gasteiger partial charge in [0.2, 0.25) is 0 Å². The van der Waals surface area contributed by atoms with Crippen LogP contribution in [0.1, 0.15) is 10.6 Å². The number of hydrogen-bond donors (Lipinski definition) is 0. The van der Waals surface area contributed by atoms with Crippen molar-refractivity contribution in [2.24, 2.45) is 0 Å². The van der Waals surface area contributed by atoms with Crippen molar-refractivity contribution in [3.05, 3.63) is 46.4 Å². The van der Waals surface area contributed by atoms with Gasteiger partial charge in [0.15, 0.2) is 0 Å². The van der Waals surface area contributed by atoms with Crippen LogP contribution in [-0.2, 0) is 0 Å². The molecule has 15 heavy (non-hydrogen) atoms. The molecule has 0 atom stereocenters. The van der Waals surface area contributed by atoms with Crippen LogP contribution in [0.15, 0.2) is 35.8 Å². The number of aromatic nitrogens is 1. The minimum atomic E-state index is 0.880. The molecule has 0 bridgehead atoms. The molecule has 3 heteroatoms. The van der Waals surface area contributed by atoms with Crippen molar-refractivity contribution in [2.45, 2.75) is 0 Å². The number of nitrogens with zero attached hydrogens (tertiary/aromatic N) is 1. The van der Waals surface area contributed by atoms with Crippen molar-refractivity contribution in [1.29, 1.82) is 0 Å². The van der Waals surface area contributed by atoms with E-state index in [1.807, 2.05) is 41.8 Å². The molecule has 0 amide bonds. The molecular weight excluding hydrogens is 206 g/mol. The summed E-state index contributed by atoms with van der Waals surface area (Å²) in [6.45, 7) is 0. The van der Waals surface area contributed by atoms with Crippen molar-refractivity contribution < 1.29 is 4.74 Å². The largest absolute Gasteiger partial charge is 0.496 e. The Labute approximate surface area is 92.9 Å². The van der Waals surface area contributed by atoms with E-state index in [0.29, 0.717) is 0 Å². The summed E-state index contributed by atoms with van der Waals surface area (Å²) >= 11 is 1.62. The zero-order chi connectivity index (χ0) is 10.5. The molecule has 0 radical (unpaired) electrons. The van der Waals surface area contributed by atoms with Crippen molar-refractivity contribution >= 4 is 23.5 Å². The number of para-hydroxylation sites is 1. The highest BCUT2D eigenvalue weighted by Gasteiger charge is 1.96. The molecule has 0 saturated carbocycles. The van der Waals surface area contributed by atoms with E-state index in [0.717, 1.165) is 16.3 Å². The van der Waals surface area contributed by atoms with Crippen LogP contribution in [-0.4, -0.2) is 12.1 Å². The summed E-state index contributed by atoms with van der Waals surface area (Å²) in [5.41, 5.74) is 1.06. The minimum Gasteiger partial charge on any atom is -0.496 e. The van der Waals surface area contributed by atoms with E-state index in [-0.39, 0.29) is 0 Å². The maximum absolute atomic E-state index is 5.25. The van der Waals surface area contributed by atoms with Gasteiger partial charge in [-0.2, -0.15) is 0 Å². The zero-order valence-electron chi connectivity index (χ0n) is 8.38. The summed E-state index contributed by atoms with van der Waals surface area (Å²) in [5.74, 6) is 0.880. The quantitative estimate of drug-likeness (QED) is 0.786. The average Bonchev–Trinajstić information content (AvgIpc) is 2.79. The van der Waals surface area contributed by atoms with Crippen molar-refractivity contribution in [3.63, 3.8) is 0 Å². The molecule has 0 fully saturated rings. The second-order valence-electron chi connectivity index (χ2n) is 2.95. The molecule has 0 spiro atoms. The summed E-state index contributed by atoms with van der Waals surface area (Å²) in [4.78, 5) is 4.18. The first-order valence-corrected chi connectivity index (χ1v) is 5.49. The molecule has 1 aromatic heterocycles. The Balaban J connectivity index is 2.24. The van der Waals surface area contributed by atoms with Gasteiger partial charge in [0.25, 0.3) is 0 Å². The van der Waals surface area contributed by atoms with Gasteiger partial charge in [-0.25, -0.2) is 4.98 Å². The van der Waals surface area contributed by atoms with Crippen LogP contribution in [0, 0.1) is 0 Å². The predicted octanol–water partition coefficient (Wildman–Crippen LogP) is 3.32. The van der Waals surface area contributed by atoms with Crippen LogP contribution >= 0.6 is 11.3 Å². The Morgan fingerprint density at radius 3 is 2.87 bits per heavy atom. The van der Waals surface area contributed by atoms with Gasteiger partial charge >= 0.3 is 0 Å². The van der Waals surface area contributed by atoms with Gasteiger partial charge < -0.3 is 4.74 Å². The zero-order valence-corrected chi connectivity index (χ0v) is 9.20. The average molecular weight is 217 g/mol. The first-order chi connectivity index (χ1) is 7.40. The minimum absolute atomic E-state index is 0.880. The third-order valence-electron chi connectivity index (χ3n) is 2.00. The fourth-order valence-electron chi connectivity index (χ4n) is 1.28. The van der Waals surface area contributed by atoms with Crippen molar-refractivity contribution in [3.8, 4) is 5.75 Å². The molecule has 0 aliphatic carbocycles. The molecule has 0 N–H and O–H groups in total. The van der Waals surface area contributed by atoms with Gasteiger partial charge in [0.1, 0.15) is 10.8 Å². The van der Waals surface area contributed by atoms with Crippen LogP contribution in [0.4, 0.5) is 0 Å². The third kappa shape index (κ3) is 2.44. The van der Waals surface area contributed by atoms with Gasteiger partial charge in [-0.05, 0) is 18.2 Å². The van der Waals surface area contributed by atoms with E-state index in [9.17, 15) is 0 Å². The number of thiazole rings is 1. The summed E-state index contributed by atoms with van der Waals surface area (Å²) < 4.78 is 5.25. The highest BCUT2D eigenvalue weighted by Crippen LogP contribution is 2.20. The summed E-state index contributed by atoms with van der Waals surface area (Å²) in [7, 11) is 1.68. The maximum Gasteiger partial charge on any atom is 0.126 e. The van der Waals surface area contributed by atoms with Crippen LogP contribution in [0.2, 0.25) is 0 Å². The lowest BCUT2D eigenvalue weighted by Gasteiger charge is -2.02. The maximum atomic E-state index is 5.25. The molecular formula is C12H11NOS. The van der Waals surface area contributed by atoms with E-state index >= 15 is 0 Å². The van der Waals surface area contributed by atoms with Crippen molar-refractivity contribution in [1.82, 2.24) is 4.98 Å². The highest BCUT2D eigenvalue weighted by molar-refractivity contribution is 7.10. The number of hydrogen-bond acceptors (Lipinski definition) is 3. The fraction of sp³-hybridized carbons (Fsp3) is 0.0833. The van der Waals surface area contributed by atoms with Gasteiger partial charge in [-0.15, -0.1) is 11.3 Å². The smallest absolute Gasteiger partial charge is 0.126 e. The van der Waals surface area contributed by atoms with E-state index < -0.39 is 0 Å². The molecule has 1 heterocycles. The Morgan fingerprint density at radius 1 is 1.27 bits per heavy atom. The fourth-order valence-corrected chi connectivity index (χ4v) is 1.81. The lowest BCUT2D eigenvalue weighted by Crippen LogP contribution is -1.85. The Kier molecular flexibility index (Phi) is 3.15. The van der Waals surface area contributed by atoms with Gasteiger partial charge in [-0.1, -0.05) is 18.2 Å². The highest BCUT2D eigenvalue weighted by atomic mass is 32.1. The van der Waals surface area contributed by atoms with Gasteiger partial charge in [-0.3, -0.25) is 0 Å². The van der Waals surface area contributed by atoms with Gasteiger partial charge in [0.05, 0.1) is 7.11 Å². The standard InChI is InChI=1S/C12H11NOS/c1-14-11-5-3-2-4-10(11)6-7-12-13-8-9-15-12/h2-9H,1H3/b7-6+. The van der Waals surface area contributed by atoms with Gasteiger partial charge in [0, 0.05) is 17.1 Å². The summed E-state index contributed by atoms with van der Waals surface area (Å²) in [6.07, 6.45) is 5.80. The topological polar surface area (TPSA) is 22.1 Å². The Bertz CT molecular complexity index is 448. The van der Waals surface area contributed by atoms with Crippen LogP contribution in [0.25, 0.3) is 12.2 Å². The molecule has 76 valence electrons. The first-order valence-electron chi connectivity index (χ1n) is 4.61. The predicted molar refractivity (Wildman–Crippen MR) is 64.0 cm³/mol. The first kappa shape index (κ1) is 9.93. The monoisotopic (exact) mass is 217 g/mol. The molecule has 2 rings (SSSR count). The normalized spacial score (nSPS) is 10.7. The third-order valence-corrected chi connectivity index (χ3v) is 2.74.